The van der Waals surface area contributed by atoms with Crippen LogP contribution in [0.25, 0.3) is 0 Å². The Labute approximate surface area is 119 Å². The maximum atomic E-state index is 12.2. The Bertz CT molecular complexity index is 481. The van der Waals surface area contributed by atoms with Crippen molar-refractivity contribution in [1.29, 1.82) is 0 Å². The van der Waals surface area contributed by atoms with Gasteiger partial charge in [-0.15, -0.1) is 0 Å². The lowest BCUT2D eigenvalue weighted by Gasteiger charge is -2.20. The molecule has 0 amide bonds. The third-order valence-electron chi connectivity index (χ3n) is 3.42. The molecule has 0 aromatic heterocycles. The van der Waals surface area contributed by atoms with Gasteiger partial charge in [-0.25, -0.2) is 9.59 Å². The van der Waals surface area contributed by atoms with E-state index in [2.05, 4.69) is 6.92 Å². The van der Waals surface area contributed by atoms with Crippen molar-refractivity contribution in [2.45, 2.75) is 45.1 Å². The Morgan fingerprint density at radius 1 is 1.15 bits per heavy atom. The second-order valence-corrected chi connectivity index (χ2v) is 4.99. The summed E-state index contributed by atoms with van der Waals surface area (Å²) < 4.78 is 10.8. The third-order valence-corrected chi connectivity index (χ3v) is 3.42. The van der Waals surface area contributed by atoms with Crippen molar-refractivity contribution < 1.29 is 19.1 Å². The van der Waals surface area contributed by atoms with Gasteiger partial charge in [0.2, 0.25) is 0 Å². The van der Waals surface area contributed by atoms with Crippen molar-refractivity contribution in [1.82, 2.24) is 0 Å². The van der Waals surface area contributed by atoms with Gasteiger partial charge >= 0.3 is 11.9 Å². The SMILES string of the molecule is CCCCC1CCCOC(=O)c2ccccc2C(=O)O1. The molecule has 1 atom stereocenters. The second-order valence-electron chi connectivity index (χ2n) is 4.99. The molecule has 4 nitrogen and oxygen atoms in total. The molecule has 0 radical (unpaired) electrons. The van der Waals surface area contributed by atoms with Crippen LogP contribution in [-0.4, -0.2) is 24.6 Å². The summed E-state index contributed by atoms with van der Waals surface area (Å²) in [7, 11) is 0. The first-order valence-electron chi connectivity index (χ1n) is 7.19. The van der Waals surface area contributed by atoms with Crippen molar-refractivity contribution in [2.75, 3.05) is 6.61 Å². The van der Waals surface area contributed by atoms with Gasteiger partial charge in [0.05, 0.1) is 17.7 Å². The minimum Gasteiger partial charge on any atom is -0.462 e. The first-order valence-corrected chi connectivity index (χ1v) is 7.19. The summed E-state index contributed by atoms with van der Waals surface area (Å²) in [6, 6.07) is 6.65. The standard InChI is InChI=1S/C16H20O4/c1-2-3-7-12-8-6-11-19-15(17)13-9-4-5-10-14(13)16(18)20-12/h4-5,9-10,12H,2-3,6-8,11H2,1H3. The lowest BCUT2D eigenvalue weighted by Crippen LogP contribution is -2.23. The zero-order valence-corrected chi connectivity index (χ0v) is 11.8. The molecule has 0 bridgehead atoms. The molecule has 0 saturated heterocycles. The van der Waals surface area contributed by atoms with Crippen molar-refractivity contribution in [3.63, 3.8) is 0 Å². The highest BCUT2D eigenvalue weighted by molar-refractivity contribution is 6.03. The van der Waals surface area contributed by atoms with Gasteiger partial charge in [0.25, 0.3) is 0 Å². The molecular formula is C16H20O4. The van der Waals surface area contributed by atoms with Crippen LogP contribution in [0.15, 0.2) is 24.3 Å². The highest BCUT2D eigenvalue weighted by atomic mass is 16.5. The summed E-state index contributed by atoms with van der Waals surface area (Å²) in [5.41, 5.74) is 0.578. The predicted molar refractivity (Wildman–Crippen MR) is 74.7 cm³/mol. The van der Waals surface area contributed by atoms with E-state index in [1.807, 2.05) is 0 Å². The van der Waals surface area contributed by atoms with E-state index in [9.17, 15) is 9.59 Å². The van der Waals surface area contributed by atoms with Crippen LogP contribution >= 0.6 is 0 Å². The molecule has 0 spiro atoms. The molecule has 0 fully saturated rings. The van der Waals surface area contributed by atoms with Crippen LogP contribution in [0, 0.1) is 0 Å². The number of esters is 2. The van der Waals surface area contributed by atoms with E-state index in [1.54, 1.807) is 24.3 Å². The largest absolute Gasteiger partial charge is 0.462 e. The molecule has 1 aliphatic rings. The number of hydrogen-bond donors (Lipinski definition) is 0. The Balaban J connectivity index is 2.21. The molecule has 20 heavy (non-hydrogen) atoms. The molecule has 1 aromatic rings. The van der Waals surface area contributed by atoms with Gasteiger partial charge in [-0.1, -0.05) is 31.9 Å². The molecule has 0 aliphatic carbocycles. The molecule has 1 aromatic carbocycles. The smallest absolute Gasteiger partial charge is 0.339 e. The Morgan fingerprint density at radius 3 is 2.55 bits per heavy atom. The Kier molecular flexibility index (Phi) is 5.16. The average Bonchev–Trinajstić information content (AvgIpc) is 2.47. The first-order chi connectivity index (χ1) is 9.72. The second kappa shape index (κ2) is 7.08. The Morgan fingerprint density at radius 2 is 1.85 bits per heavy atom. The van der Waals surface area contributed by atoms with Crippen LogP contribution in [0.1, 0.15) is 59.7 Å². The van der Waals surface area contributed by atoms with Gasteiger partial charge in [-0.3, -0.25) is 0 Å². The molecule has 0 saturated carbocycles. The van der Waals surface area contributed by atoms with Crippen molar-refractivity contribution in [3.8, 4) is 0 Å². The summed E-state index contributed by atoms with van der Waals surface area (Å²) in [4.78, 5) is 24.1. The molecule has 4 heteroatoms. The molecular weight excluding hydrogens is 256 g/mol. The molecule has 0 N–H and O–H groups in total. The van der Waals surface area contributed by atoms with Crippen molar-refractivity contribution >= 4 is 11.9 Å². The number of cyclic esters (lactones) is 2. The van der Waals surface area contributed by atoms with E-state index >= 15 is 0 Å². The number of fused-ring (bicyclic) bond motifs is 1. The van der Waals surface area contributed by atoms with Gasteiger partial charge in [-0.05, 0) is 31.4 Å². The first kappa shape index (κ1) is 14.6. The highest BCUT2D eigenvalue weighted by Crippen LogP contribution is 2.19. The van der Waals surface area contributed by atoms with E-state index in [0.29, 0.717) is 12.2 Å². The zero-order chi connectivity index (χ0) is 14.4. The van der Waals surface area contributed by atoms with Crippen molar-refractivity contribution in [2.24, 2.45) is 0 Å². The monoisotopic (exact) mass is 276 g/mol. The number of carbonyl (C=O) groups excluding carboxylic acids is 2. The third kappa shape index (κ3) is 3.59. The minimum absolute atomic E-state index is 0.0905. The summed E-state index contributed by atoms with van der Waals surface area (Å²) in [6.07, 6.45) is 4.32. The van der Waals surface area contributed by atoms with E-state index in [4.69, 9.17) is 9.47 Å². The topological polar surface area (TPSA) is 52.6 Å². The zero-order valence-electron chi connectivity index (χ0n) is 11.8. The minimum atomic E-state index is -0.454. The van der Waals surface area contributed by atoms with Crippen molar-refractivity contribution in [3.05, 3.63) is 35.4 Å². The lowest BCUT2D eigenvalue weighted by molar-refractivity contribution is 0.0188. The number of ether oxygens (including phenoxy) is 2. The van der Waals surface area contributed by atoms with Crippen LogP contribution < -0.4 is 0 Å². The van der Waals surface area contributed by atoms with Gasteiger partial charge in [0.1, 0.15) is 6.10 Å². The Hall–Kier alpha value is -1.84. The predicted octanol–water partition coefficient (Wildman–Crippen LogP) is 3.35. The van der Waals surface area contributed by atoms with E-state index < -0.39 is 11.9 Å². The molecule has 1 aliphatic heterocycles. The number of hydrogen-bond acceptors (Lipinski definition) is 4. The van der Waals surface area contributed by atoms with Crippen LogP contribution in [0.5, 0.6) is 0 Å². The summed E-state index contributed by atoms with van der Waals surface area (Å²) in [5, 5.41) is 0. The van der Waals surface area contributed by atoms with Gasteiger partial charge in [-0.2, -0.15) is 0 Å². The van der Waals surface area contributed by atoms with E-state index in [1.165, 1.54) is 0 Å². The maximum absolute atomic E-state index is 12.2. The fourth-order valence-corrected chi connectivity index (χ4v) is 2.30. The van der Waals surface area contributed by atoms with Gasteiger partial charge in [0, 0.05) is 0 Å². The van der Waals surface area contributed by atoms with Gasteiger partial charge in [0.15, 0.2) is 0 Å². The maximum Gasteiger partial charge on any atom is 0.339 e. The van der Waals surface area contributed by atoms with Gasteiger partial charge < -0.3 is 9.47 Å². The number of carbonyl (C=O) groups is 2. The number of rotatable bonds is 3. The normalized spacial score (nSPS) is 19.8. The fourth-order valence-electron chi connectivity index (χ4n) is 2.30. The van der Waals surface area contributed by atoms with E-state index in [-0.39, 0.29) is 11.7 Å². The van der Waals surface area contributed by atoms with Crippen LogP contribution in [0.2, 0.25) is 0 Å². The number of unbranched alkanes of at least 4 members (excludes halogenated alkanes) is 1. The van der Waals surface area contributed by atoms with E-state index in [0.717, 1.165) is 32.1 Å². The fraction of sp³-hybridized carbons (Fsp3) is 0.500. The van der Waals surface area contributed by atoms with Crippen LogP contribution in [-0.2, 0) is 9.47 Å². The number of benzene rings is 1. The summed E-state index contributed by atoms with van der Waals surface area (Å²) >= 11 is 0. The summed E-state index contributed by atoms with van der Waals surface area (Å²) in [6.45, 7) is 2.48. The molecule has 1 unspecified atom stereocenters. The average molecular weight is 276 g/mol. The summed E-state index contributed by atoms with van der Waals surface area (Å²) in [5.74, 6) is -0.884. The van der Waals surface area contributed by atoms with Crippen LogP contribution in [0.3, 0.4) is 0 Å². The molecule has 108 valence electrons. The lowest BCUT2D eigenvalue weighted by atomic mass is 10.1. The highest BCUT2D eigenvalue weighted by Gasteiger charge is 2.23. The molecule has 1 heterocycles. The molecule has 2 rings (SSSR count). The quantitative estimate of drug-likeness (QED) is 0.794. The van der Waals surface area contributed by atoms with Crippen LogP contribution in [0.4, 0.5) is 0 Å².